The van der Waals surface area contributed by atoms with Gasteiger partial charge in [0.15, 0.2) is 0 Å². The molecule has 1 aliphatic rings. The highest BCUT2D eigenvalue weighted by molar-refractivity contribution is 5.38. The SMILES string of the molecule is CCCCC1CCC(CCc2ccc(C(F)(F)Oc3cc(F)c(C#N)c(F)c3)c(F)c2)CC1. The van der Waals surface area contributed by atoms with Gasteiger partial charge in [0, 0.05) is 12.1 Å². The number of hydrogen-bond donors (Lipinski definition) is 0. The predicted molar refractivity (Wildman–Crippen MR) is 115 cm³/mol. The van der Waals surface area contributed by atoms with Gasteiger partial charge in [-0.2, -0.15) is 14.0 Å². The lowest BCUT2D eigenvalue weighted by atomic mass is 9.78. The van der Waals surface area contributed by atoms with Crippen molar-refractivity contribution >= 4 is 0 Å². The van der Waals surface area contributed by atoms with Gasteiger partial charge in [-0.1, -0.05) is 57.9 Å². The van der Waals surface area contributed by atoms with Crippen molar-refractivity contribution in [3.05, 3.63) is 64.5 Å². The molecule has 0 bridgehead atoms. The summed E-state index contributed by atoms with van der Waals surface area (Å²) in [5.74, 6) is -3.28. The van der Waals surface area contributed by atoms with Crippen LogP contribution < -0.4 is 4.74 Å². The minimum absolute atomic E-state index is 0.471. The Bertz CT molecular complexity index is 970. The number of aryl methyl sites for hydroxylation is 1. The van der Waals surface area contributed by atoms with Crippen LogP contribution in [0.3, 0.4) is 0 Å². The lowest BCUT2D eigenvalue weighted by Crippen LogP contribution is -2.24. The molecule has 1 aliphatic carbocycles. The largest absolute Gasteiger partial charge is 0.429 e. The van der Waals surface area contributed by atoms with Crippen molar-refractivity contribution in [1.82, 2.24) is 0 Å². The van der Waals surface area contributed by atoms with Gasteiger partial charge in [0.1, 0.15) is 34.8 Å². The lowest BCUT2D eigenvalue weighted by Gasteiger charge is -2.28. The first-order chi connectivity index (χ1) is 15.7. The molecule has 0 radical (unpaired) electrons. The average Bonchev–Trinajstić information content (AvgIpc) is 2.76. The van der Waals surface area contributed by atoms with Gasteiger partial charge in [-0.05, 0) is 42.4 Å². The Hall–Kier alpha value is -2.62. The molecule has 0 N–H and O–H groups in total. The van der Waals surface area contributed by atoms with Crippen molar-refractivity contribution < 1.29 is 26.7 Å². The van der Waals surface area contributed by atoms with E-state index >= 15 is 0 Å². The van der Waals surface area contributed by atoms with E-state index in [1.54, 1.807) is 0 Å². The van der Waals surface area contributed by atoms with E-state index in [0.717, 1.165) is 37.3 Å². The summed E-state index contributed by atoms with van der Waals surface area (Å²) in [7, 11) is 0. The molecule has 0 aliphatic heterocycles. The van der Waals surface area contributed by atoms with Gasteiger partial charge < -0.3 is 4.74 Å². The zero-order chi connectivity index (χ0) is 24.0. The normalized spacial score (nSPS) is 18.7. The molecule has 1 fully saturated rings. The zero-order valence-electron chi connectivity index (χ0n) is 18.7. The fourth-order valence-electron chi connectivity index (χ4n) is 4.54. The van der Waals surface area contributed by atoms with Crippen molar-refractivity contribution in [2.45, 2.75) is 70.8 Å². The number of hydrogen-bond acceptors (Lipinski definition) is 2. The van der Waals surface area contributed by atoms with E-state index in [9.17, 15) is 22.0 Å². The maximum Gasteiger partial charge on any atom is 0.429 e. The van der Waals surface area contributed by atoms with Crippen molar-refractivity contribution in [3.63, 3.8) is 0 Å². The average molecular weight is 466 g/mol. The molecule has 178 valence electrons. The predicted octanol–water partition coefficient (Wildman–Crippen LogP) is 8.03. The summed E-state index contributed by atoms with van der Waals surface area (Å²) < 4.78 is 75.3. The highest BCUT2D eigenvalue weighted by Crippen LogP contribution is 2.36. The molecule has 2 nitrogen and oxygen atoms in total. The molecule has 7 heteroatoms. The van der Waals surface area contributed by atoms with Gasteiger partial charge >= 0.3 is 6.11 Å². The van der Waals surface area contributed by atoms with Gasteiger partial charge in [-0.3, -0.25) is 0 Å². The van der Waals surface area contributed by atoms with Crippen LogP contribution in [0, 0.1) is 40.6 Å². The van der Waals surface area contributed by atoms with Crippen molar-refractivity contribution in [2.24, 2.45) is 11.8 Å². The van der Waals surface area contributed by atoms with Gasteiger partial charge in [0.05, 0.1) is 5.56 Å². The van der Waals surface area contributed by atoms with E-state index in [1.807, 2.05) is 0 Å². The number of unbranched alkanes of at least 4 members (excludes halogenated alkanes) is 1. The van der Waals surface area contributed by atoms with E-state index in [4.69, 9.17) is 5.26 Å². The van der Waals surface area contributed by atoms with E-state index in [0.29, 0.717) is 30.0 Å². The first-order valence-electron chi connectivity index (χ1n) is 11.5. The zero-order valence-corrected chi connectivity index (χ0v) is 18.7. The van der Waals surface area contributed by atoms with E-state index in [1.165, 1.54) is 44.2 Å². The van der Waals surface area contributed by atoms with E-state index < -0.39 is 40.4 Å². The Labute approximate surface area is 191 Å². The third kappa shape index (κ3) is 6.46. The minimum atomic E-state index is -4.15. The van der Waals surface area contributed by atoms with Crippen LogP contribution in [-0.2, 0) is 12.5 Å². The lowest BCUT2D eigenvalue weighted by molar-refractivity contribution is -0.187. The molecule has 0 amide bonds. The Balaban J connectivity index is 1.60. The summed E-state index contributed by atoms with van der Waals surface area (Å²) in [6.45, 7) is 2.20. The Morgan fingerprint density at radius 1 is 0.939 bits per heavy atom. The number of benzene rings is 2. The van der Waals surface area contributed by atoms with Crippen LogP contribution >= 0.6 is 0 Å². The van der Waals surface area contributed by atoms with Crippen LogP contribution in [0.5, 0.6) is 5.75 Å². The molecular formula is C26H28F5NO. The Morgan fingerprint density at radius 2 is 1.55 bits per heavy atom. The van der Waals surface area contributed by atoms with Crippen LogP contribution in [0.2, 0.25) is 0 Å². The summed E-state index contributed by atoms with van der Waals surface area (Å²) >= 11 is 0. The smallest absolute Gasteiger partial charge is 0.429 e. The monoisotopic (exact) mass is 465 g/mol. The Kier molecular flexibility index (Phi) is 8.34. The third-order valence-corrected chi connectivity index (χ3v) is 6.49. The summed E-state index contributed by atoms with van der Waals surface area (Å²) in [6, 6.07) is 5.68. The van der Waals surface area contributed by atoms with E-state index in [2.05, 4.69) is 11.7 Å². The highest BCUT2D eigenvalue weighted by atomic mass is 19.3. The molecule has 2 aromatic rings. The standard InChI is InChI=1S/C26H28F5NO/c1-2-3-4-17-5-7-18(8-6-17)9-10-19-11-12-22(25(29)13-19)26(30,31)33-20-14-23(27)21(16-32)24(28)15-20/h11-15,17-18H,2-10H2,1H3. The molecule has 0 unspecified atom stereocenters. The number of rotatable bonds is 9. The molecule has 2 aromatic carbocycles. The number of halogens is 5. The van der Waals surface area contributed by atoms with Crippen molar-refractivity contribution in [2.75, 3.05) is 0 Å². The number of nitriles is 1. The second-order valence-electron chi connectivity index (χ2n) is 8.87. The summed E-state index contributed by atoms with van der Waals surface area (Å²) in [6.07, 6.45) is 5.85. The number of ether oxygens (including phenoxy) is 1. The Morgan fingerprint density at radius 3 is 2.09 bits per heavy atom. The molecule has 0 saturated heterocycles. The third-order valence-electron chi connectivity index (χ3n) is 6.49. The van der Waals surface area contributed by atoms with Crippen LogP contribution in [-0.4, -0.2) is 0 Å². The first-order valence-corrected chi connectivity index (χ1v) is 11.5. The molecule has 0 aromatic heterocycles. The molecule has 0 atom stereocenters. The fraction of sp³-hybridized carbons (Fsp3) is 0.500. The topological polar surface area (TPSA) is 33.0 Å². The van der Waals surface area contributed by atoms with Gasteiger partial charge in [0.25, 0.3) is 0 Å². The van der Waals surface area contributed by atoms with Gasteiger partial charge in [-0.25, -0.2) is 13.2 Å². The van der Waals surface area contributed by atoms with Crippen LogP contribution in [0.25, 0.3) is 0 Å². The van der Waals surface area contributed by atoms with Crippen LogP contribution in [0.1, 0.15) is 75.0 Å². The molecular weight excluding hydrogens is 437 g/mol. The second-order valence-corrected chi connectivity index (χ2v) is 8.87. The van der Waals surface area contributed by atoms with Crippen LogP contribution in [0.15, 0.2) is 30.3 Å². The molecule has 0 heterocycles. The number of nitrogens with zero attached hydrogens (tertiary/aromatic N) is 1. The second kappa shape index (κ2) is 11.0. The number of alkyl halides is 2. The van der Waals surface area contributed by atoms with Crippen molar-refractivity contribution in [3.8, 4) is 11.8 Å². The summed E-state index contributed by atoms with van der Waals surface area (Å²) in [4.78, 5) is 0. The summed E-state index contributed by atoms with van der Waals surface area (Å²) in [5.41, 5.74) is -1.31. The quantitative estimate of drug-likeness (QED) is 0.351. The first kappa shape index (κ1) is 25.0. The molecule has 0 spiro atoms. The minimum Gasteiger partial charge on any atom is -0.429 e. The molecule has 3 rings (SSSR count). The highest BCUT2D eigenvalue weighted by Gasteiger charge is 2.38. The van der Waals surface area contributed by atoms with Gasteiger partial charge in [0.2, 0.25) is 0 Å². The van der Waals surface area contributed by atoms with E-state index in [-0.39, 0.29) is 0 Å². The molecule has 33 heavy (non-hydrogen) atoms. The molecule has 1 saturated carbocycles. The van der Waals surface area contributed by atoms with Crippen molar-refractivity contribution in [1.29, 1.82) is 5.26 Å². The van der Waals surface area contributed by atoms with Gasteiger partial charge in [-0.15, -0.1) is 0 Å². The van der Waals surface area contributed by atoms with Crippen LogP contribution in [0.4, 0.5) is 22.0 Å². The fourth-order valence-corrected chi connectivity index (χ4v) is 4.54. The maximum absolute atomic E-state index is 14.5. The summed E-state index contributed by atoms with van der Waals surface area (Å²) in [5, 5.41) is 8.66. The maximum atomic E-state index is 14.5.